The molecule has 0 aromatic heterocycles. The van der Waals surface area contributed by atoms with Gasteiger partial charge in [-0.3, -0.25) is 4.79 Å². The Balaban J connectivity index is 2.65. The minimum absolute atomic E-state index is 0.109. The van der Waals surface area contributed by atoms with Crippen molar-refractivity contribution in [3.05, 3.63) is 11.8 Å². The number of Topliss-reactive ketones (excluding diaryl/α,β-unsaturated/α-hetero) is 1. The summed E-state index contributed by atoms with van der Waals surface area (Å²) in [5.74, 6) is -0.967. The third-order valence-corrected chi connectivity index (χ3v) is 2.09. The molecular formula is C10H15NO3. The van der Waals surface area contributed by atoms with Gasteiger partial charge in [0.05, 0.1) is 0 Å². The molecule has 78 valence electrons. The third kappa shape index (κ3) is 3.20. The first-order valence-corrected chi connectivity index (χ1v) is 4.65. The van der Waals surface area contributed by atoms with Crippen molar-refractivity contribution in [2.75, 3.05) is 14.1 Å². The van der Waals surface area contributed by atoms with E-state index in [1.165, 1.54) is 6.20 Å². The Kier molecular flexibility index (Phi) is 3.28. The maximum Gasteiger partial charge on any atom is 0.340 e. The van der Waals surface area contributed by atoms with Crippen molar-refractivity contribution in [2.24, 2.45) is 5.92 Å². The minimum atomic E-state index is -1.13. The normalized spacial score (nSPS) is 16.6. The van der Waals surface area contributed by atoms with E-state index in [4.69, 9.17) is 5.11 Å². The molecule has 4 heteroatoms. The maximum absolute atomic E-state index is 11.5. The molecule has 0 spiro atoms. The molecule has 0 unspecified atom stereocenters. The predicted molar refractivity (Wildman–Crippen MR) is 51.8 cm³/mol. The van der Waals surface area contributed by atoms with Crippen molar-refractivity contribution in [1.29, 1.82) is 0 Å². The lowest BCUT2D eigenvalue weighted by molar-refractivity contribution is -0.134. The summed E-state index contributed by atoms with van der Waals surface area (Å²) in [7, 11) is 3.40. The van der Waals surface area contributed by atoms with Crippen LogP contribution in [0.1, 0.15) is 19.3 Å². The molecule has 0 amide bonds. The summed E-state index contributed by atoms with van der Waals surface area (Å²) in [6.07, 6.45) is 3.86. The van der Waals surface area contributed by atoms with Crippen LogP contribution in [0.2, 0.25) is 0 Å². The molecule has 0 atom stereocenters. The Bertz CT molecular complexity index is 277. The van der Waals surface area contributed by atoms with Gasteiger partial charge in [0, 0.05) is 26.7 Å². The zero-order valence-corrected chi connectivity index (χ0v) is 8.49. The van der Waals surface area contributed by atoms with E-state index in [-0.39, 0.29) is 11.4 Å². The Morgan fingerprint density at radius 2 is 2.00 bits per heavy atom. The van der Waals surface area contributed by atoms with Crippen LogP contribution in [0.25, 0.3) is 0 Å². The van der Waals surface area contributed by atoms with Crippen LogP contribution in [0.4, 0.5) is 0 Å². The van der Waals surface area contributed by atoms with Gasteiger partial charge in [-0.05, 0) is 18.8 Å². The summed E-state index contributed by atoms with van der Waals surface area (Å²) in [6.45, 7) is 0. The highest BCUT2D eigenvalue weighted by Gasteiger charge is 2.28. The Labute approximate surface area is 83.2 Å². The SMILES string of the molecule is CN(C)/C=C(\C(=O)O)C(=O)CC1CC1. The molecule has 4 nitrogen and oxygen atoms in total. The quantitative estimate of drug-likeness (QED) is 0.404. The van der Waals surface area contributed by atoms with E-state index in [0.29, 0.717) is 12.3 Å². The van der Waals surface area contributed by atoms with Crippen molar-refractivity contribution >= 4 is 11.8 Å². The zero-order chi connectivity index (χ0) is 10.7. The Morgan fingerprint density at radius 3 is 2.36 bits per heavy atom. The fourth-order valence-electron chi connectivity index (χ4n) is 1.20. The third-order valence-electron chi connectivity index (χ3n) is 2.09. The second-order valence-electron chi connectivity index (χ2n) is 3.88. The largest absolute Gasteiger partial charge is 0.478 e. The standard InChI is InChI=1S/C10H15NO3/c1-11(2)6-8(10(13)14)9(12)5-7-3-4-7/h6-7H,3-5H2,1-2H3,(H,13,14)/b8-6-. The van der Waals surface area contributed by atoms with Crippen LogP contribution in [0, 0.1) is 5.92 Å². The van der Waals surface area contributed by atoms with Crippen molar-refractivity contribution in [1.82, 2.24) is 4.90 Å². The second kappa shape index (κ2) is 4.26. The van der Waals surface area contributed by atoms with Crippen LogP contribution in [0.3, 0.4) is 0 Å². The van der Waals surface area contributed by atoms with Gasteiger partial charge in [0.15, 0.2) is 5.78 Å². The second-order valence-corrected chi connectivity index (χ2v) is 3.88. The minimum Gasteiger partial charge on any atom is -0.478 e. The van der Waals surface area contributed by atoms with E-state index < -0.39 is 5.97 Å². The highest BCUT2D eigenvalue weighted by atomic mass is 16.4. The Hall–Kier alpha value is -1.32. The summed E-state index contributed by atoms with van der Waals surface area (Å²) in [5.41, 5.74) is -0.109. The van der Waals surface area contributed by atoms with Gasteiger partial charge in [0.1, 0.15) is 5.57 Å². The first-order valence-electron chi connectivity index (χ1n) is 4.65. The van der Waals surface area contributed by atoms with Gasteiger partial charge in [-0.15, -0.1) is 0 Å². The maximum atomic E-state index is 11.5. The van der Waals surface area contributed by atoms with Crippen LogP contribution in [0.5, 0.6) is 0 Å². The summed E-state index contributed by atoms with van der Waals surface area (Å²) < 4.78 is 0. The summed E-state index contributed by atoms with van der Waals surface area (Å²) in [6, 6.07) is 0. The van der Waals surface area contributed by atoms with E-state index in [2.05, 4.69) is 0 Å². The fraction of sp³-hybridized carbons (Fsp3) is 0.600. The number of carboxylic acids is 1. The number of carbonyl (C=O) groups excluding carboxylic acids is 1. The molecule has 1 saturated carbocycles. The van der Waals surface area contributed by atoms with Gasteiger partial charge in [0.2, 0.25) is 0 Å². The van der Waals surface area contributed by atoms with Crippen LogP contribution in [0.15, 0.2) is 11.8 Å². The first-order chi connectivity index (χ1) is 6.50. The molecule has 0 aromatic rings. The Morgan fingerprint density at radius 1 is 1.43 bits per heavy atom. The van der Waals surface area contributed by atoms with Crippen LogP contribution in [-0.4, -0.2) is 35.9 Å². The lowest BCUT2D eigenvalue weighted by Crippen LogP contribution is -2.16. The number of ketones is 1. The van der Waals surface area contributed by atoms with Crippen molar-refractivity contribution in [3.63, 3.8) is 0 Å². The molecule has 1 fully saturated rings. The predicted octanol–water partition coefficient (Wildman–Crippen LogP) is 0.886. The van der Waals surface area contributed by atoms with Gasteiger partial charge < -0.3 is 10.0 Å². The number of carbonyl (C=O) groups is 2. The summed E-state index contributed by atoms with van der Waals surface area (Å²) in [4.78, 5) is 23.8. The van der Waals surface area contributed by atoms with Gasteiger partial charge in [-0.25, -0.2) is 4.79 Å². The first kappa shape index (κ1) is 10.8. The molecule has 0 bridgehead atoms. The molecule has 0 radical (unpaired) electrons. The van der Waals surface area contributed by atoms with E-state index in [1.54, 1.807) is 19.0 Å². The fourth-order valence-corrected chi connectivity index (χ4v) is 1.20. The molecule has 0 aliphatic heterocycles. The van der Waals surface area contributed by atoms with E-state index >= 15 is 0 Å². The molecule has 1 rings (SSSR count). The number of rotatable bonds is 5. The molecule has 0 heterocycles. The topological polar surface area (TPSA) is 57.6 Å². The summed E-state index contributed by atoms with van der Waals surface area (Å²) >= 11 is 0. The molecule has 0 aromatic carbocycles. The number of hydrogen-bond acceptors (Lipinski definition) is 3. The monoisotopic (exact) mass is 197 g/mol. The molecule has 0 saturated heterocycles. The van der Waals surface area contributed by atoms with Crippen molar-refractivity contribution in [3.8, 4) is 0 Å². The molecule has 1 aliphatic carbocycles. The molecular weight excluding hydrogens is 182 g/mol. The molecule has 14 heavy (non-hydrogen) atoms. The lowest BCUT2D eigenvalue weighted by atomic mass is 10.1. The summed E-state index contributed by atoms with van der Waals surface area (Å²) in [5, 5.41) is 8.81. The lowest BCUT2D eigenvalue weighted by Gasteiger charge is -2.07. The van der Waals surface area contributed by atoms with Gasteiger partial charge in [-0.1, -0.05) is 0 Å². The van der Waals surface area contributed by atoms with E-state index in [0.717, 1.165) is 12.8 Å². The van der Waals surface area contributed by atoms with Crippen molar-refractivity contribution in [2.45, 2.75) is 19.3 Å². The highest BCUT2D eigenvalue weighted by Crippen LogP contribution is 2.33. The highest BCUT2D eigenvalue weighted by molar-refractivity contribution is 6.16. The van der Waals surface area contributed by atoms with Crippen LogP contribution in [-0.2, 0) is 9.59 Å². The van der Waals surface area contributed by atoms with Gasteiger partial charge >= 0.3 is 5.97 Å². The van der Waals surface area contributed by atoms with Crippen LogP contribution < -0.4 is 0 Å². The average molecular weight is 197 g/mol. The van der Waals surface area contributed by atoms with Crippen LogP contribution >= 0.6 is 0 Å². The number of aliphatic carboxylic acids is 1. The smallest absolute Gasteiger partial charge is 0.340 e. The molecule has 1 N–H and O–H groups in total. The molecule has 1 aliphatic rings. The van der Waals surface area contributed by atoms with Crippen molar-refractivity contribution < 1.29 is 14.7 Å². The number of carboxylic acid groups (broad SMARTS) is 1. The number of hydrogen-bond donors (Lipinski definition) is 1. The van der Waals surface area contributed by atoms with Gasteiger partial charge in [0.25, 0.3) is 0 Å². The zero-order valence-electron chi connectivity index (χ0n) is 8.49. The van der Waals surface area contributed by atoms with Gasteiger partial charge in [-0.2, -0.15) is 0 Å². The average Bonchev–Trinajstić information content (AvgIpc) is 2.82. The number of nitrogens with zero attached hydrogens (tertiary/aromatic N) is 1. The van der Waals surface area contributed by atoms with E-state index in [9.17, 15) is 9.59 Å². The van der Waals surface area contributed by atoms with E-state index in [1.807, 2.05) is 0 Å².